The van der Waals surface area contributed by atoms with Crippen LogP contribution in [0.5, 0.6) is 0 Å². The molecule has 116 valence electrons. The summed E-state index contributed by atoms with van der Waals surface area (Å²) in [6.45, 7) is 1.72. The third kappa shape index (κ3) is 3.85. The van der Waals surface area contributed by atoms with Crippen molar-refractivity contribution in [1.82, 2.24) is 3.97 Å². The van der Waals surface area contributed by atoms with Gasteiger partial charge >= 0.3 is 0 Å². The smallest absolute Gasteiger partial charge is 0.267 e. The van der Waals surface area contributed by atoms with Gasteiger partial charge in [0.05, 0.1) is 11.5 Å². The lowest BCUT2D eigenvalue weighted by molar-refractivity contribution is 0.264. The Kier molecular flexibility index (Phi) is 5.98. The first-order valence-electron chi connectivity index (χ1n) is 6.30. The summed E-state index contributed by atoms with van der Waals surface area (Å²) in [6.07, 6.45) is 1.79. The monoisotopic (exact) mass is 330 g/mol. The van der Waals surface area contributed by atoms with Crippen molar-refractivity contribution in [1.29, 1.82) is 0 Å². The summed E-state index contributed by atoms with van der Waals surface area (Å²) >= 11 is 0. The number of hydrogen-bond acceptors (Lipinski definition) is 4. The van der Waals surface area contributed by atoms with E-state index >= 15 is 0 Å². The number of rotatable bonds is 5. The Balaban J connectivity index is 0.00000220. The normalized spacial score (nSPS) is 12.7. The van der Waals surface area contributed by atoms with Crippen molar-refractivity contribution >= 4 is 22.4 Å². The topological polar surface area (TPSA) is 85.3 Å². The van der Waals surface area contributed by atoms with E-state index in [1.54, 1.807) is 36.4 Å². The first-order chi connectivity index (χ1) is 9.45. The number of aromatic nitrogens is 1. The van der Waals surface area contributed by atoms with Gasteiger partial charge in [0.1, 0.15) is 0 Å². The zero-order valence-electron chi connectivity index (χ0n) is 11.6. The van der Waals surface area contributed by atoms with Crippen LogP contribution in [0.1, 0.15) is 11.3 Å². The molecule has 0 fully saturated rings. The fourth-order valence-electron chi connectivity index (χ4n) is 1.95. The molecule has 3 N–H and O–H groups in total. The molecule has 0 aliphatic heterocycles. The zero-order valence-corrected chi connectivity index (χ0v) is 13.3. The van der Waals surface area contributed by atoms with Crippen LogP contribution in [-0.4, -0.2) is 30.1 Å². The van der Waals surface area contributed by atoms with Crippen molar-refractivity contribution in [2.45, 2.75) is 24.3 Å². The summed E-state index contributed by atoms with van der Waals surface area (Å²) in [4.78, 5) is 0.234. The fourth-order valence-corrected chi connectivity index (χ4v) is 3.33. The quantitative estimate of drug-likeness (QED) is 0.865. The Morgan fingerprint density at radius 2 is 1.86 bits per heavy atom. The first-order valence-corrected chi connectivity index (χ1v) is 7.74. The number of aliphatic hydroxyl groups excluding tert-OH is 1. The maximum Gasteiger partial charge on any atom is 0.267 e. The Labute approximate surface area is 130 Å². The average molecular weight is 331 g/mol. The van der Waals surface area contributed by atoms with E-state index in [9.17, 15) is 8.42 Å². The summed E-state index contributed by atoms with van der Waals surface area (Å²) < 4.78 is 26.3. The molecule has 2 rings (SSSR count). The second kappa shape index (κ2) is 7.09. The highest BCUT2D eigenvalue weighted by Crippen LogP contribution is 2.18. The number of aliphatic hydroxyl groups is 1. The van der Waals surface area contributed by atoms with Gasteiger partial charge in [-0.2, -0.15) is 0 Å². The molecule has 2 aromatic rings. The Bertz CT molecular complexity index is 680. The van der Waals surface area contributed by atoms with E-state index < -0.39 is 16.1 Å². The fraction of sp³-hybridized carbons (Fsp3) is 0.286. The van der Waals surface area contributed by atoms with E-state index in [0.29, 0.717) is 12.1 Å². The number of aryl methyl sites for hydroxylation is 1. The van der Waals surface area contributed by atoms with Gasteiger partial charge in [-0.3, -0.25) is 0 Å². The molecule has 21 heavy (non-hydrogen) atoms. The van der Waals surface area contributed by atoms with Gasteiger partial charge in [0.25, 0.3) is 10.0 Å². The van der Waals surface area contributed by atoms with Crippen molar-refractivity contribution in [3.8, 4) is 0 Å². The molecule has 1 aromatic carbocycles. The summed E-state index contributed by atoms with van der Waals surface area (Å²) in [5.41, 5.74) is 7.24. The molecule has 0 aliphatic carbocycles. The van der Waals surface area contributed by atoms with Crippen molar-refractivity contribution in [2.75, 3.05) is 6.61 Å². The zero-order chi connectivity index (χ0) is 14.8. The highest BCUT2D eigenvalue weighted by molar-refractivity contribution is 7.90. The van der Waals surface area contributed by atoms with E-state index in [0.717, 1.165) is 5.56 Å². The summed E-state index contributed by atoms with van der Waals surface area (Å²) in [5, 5.41) is 8.99. The third-order valence-corrected chi connectivity index (χ3v) is 4.82. The van der Waals surface area contributed by atoms with E-state index in [1.165, 1.54) is 10.2 Å². The summed E-state index contributed by atoms with van der Waals surface area (Å²) in [5.74, 6) is 0. The Hall–Kier alpha value is -1.34. The Morgan fingerprint density at radius 3 is 2.43 bits per heavy atom. The van der Waals surface area contributed by atoms with Crippen LogP contribution >= 0.6 is 12.4 Å². The van der Waals surface area contributed by atoms with E-state index in [-0.39, 0.29) is 23.9 Å². The van der Waals surface area contributed by atoms with Gasteiger partial charge < -0.3 is 10.8 Å². The average Bonchev–Trinajstić information content (AvgIpc) is 2.88. The predicted octanol–water partition coefficient (Wildman–Crippen LogP) is 1.32. The minimum absolute atomic E-state index is 0. The van der Waals surface area contributed by atoms with Crippen molar-refractivity contribution in [2.24, 2.45) is 5.73 Å². The molecule has 1 heterocycles. The molecule has 0 amide bonds. The molecule has 1 aromatic heterocycles. The molecule has 0 bridgehead atoms. The molecule has 1 atom stereocenters. The number of nitrogens with zero attached hydrogens (tertiary/aromatic N) is 1. The van der Waals surface area contributed by atoms with Gasteiger partial charge in [-0.05, 0) is 31.2 Å². The Morgan fingerprint density at radius 1 is 1.24 bits per heavy atom. The van der Waals surface area contributed by atoms with Gasteiger partial charge in [0, 0.05) is 24.4 Å². The van der Waals surface area contributed by atoms with Gasteiger partial charge in [-0.15, -0.1) is 12.4 Å². The molecule has 5 nitrogen and oxygen atoms in total. The second-order valence-electron chi connectivity index (χ2n) is 4.76. The van der Waals surface area contributed by atoms with Crippen LogP contribution in [0.2, 0.25) is 0 Å². The summed E-state index contributed by atoms with van der Waals surface area (Å²) in [6, 6.07) is 9.56. The van der Waals surface area contributed by atoms with E-state index in [4.69, 9.17) is 10.8 Å². The molecule has 1 unspecified atom stereocenters. The maximum atomic E-state index is 12.6. The minimum Gasteiger partial charge on any atom is -0.395 e. The molecule has 0 aliphatic rings. The molecular weight excluding hydrogens is 312 g/mol. The highest BCUT2D eigenvalue weighted by Gasteiger charge is 2.19. The highest BCUT2D eigenvalue weighted by atomic mass is 35.5. The first kappa shape index (κ1) is 17.7. The van der Waals surface area contributed by atoms with E-state index in [1.807, 2.05) is 6.92 Å². The lowest BCUT2D eigenvalue weighted by Gasteiger charge is -2.13. The molecule has 0 saturated heterocycles. The standard InChI is InChI=1S/C14H18N2O3S.ClH/c1-11-4-6-14(7-5-11)20(18,19)16-8-2-3-13(16)9-12(15)10-17;/h2-8,12,17H,9-10,15H2,1H3;1H. The van der Waals surface area contributed by atoms with Crippen LogP contribution in [0.3, 0.4) is 0 Å². The number of benzene rings is 1. The number of halogens is 1. The minimum atomic E-state index is -3.62. The van der Waals surface area contributed by atoms with Crippen molar-refractivity contribution in [3.05, 3.63) is 53.9 Å². The maximum absolute atomic E-state index is 12.6. The molecule has 7 heteroatoms. The van der Waals surface area contributed by atoms with Crippen LogP contribution in [0.15, 0.2) is 47.5 Å². The third-order valence-electron chi connectivity index (χ3n) is 3.08. The van der Waals surface area contributed by atoms with E-state index in [2.05, 4.69) is 0 Å². The summed E-state index contributed by atoms with van der Waals surface area (Å²) in [7, 11) is -3.62. The SMILES string of the molecule is Cc1ccc(S(=O)(=O)n2cccc2CC(N)CO)cc1.Cl. The second-order valence-corrected chi connectivity index (χ2v) is 6.58. The van der Waals surface area contributed by atoms with Crippen LogP contribution in [0.4, 0.5) is 0 Å². The molecule has 0 spiro atoms. The van der Waals surface area contributed by atoms with Gasteiger partial charge in [-0.1, -0.05) is 17.7 Å². The van der Waals surface area contributed by atoms with Crippen LogP contribution < -0.4 is 5.73 Å². The van der Waals surface area contributed by atoms with Gasteiger partial charge in [0.2, 0.25) is 0 Å². The molecule has 0 saturated carbocycles. The lowest BCUT2D eigenvalue weighted by atomic mass is 10.2. The van der Waals surface area contributed by atoms with Crippen LogP contribution in [0.25, 0.3) is 0 Å². The lowest BCUT2D eigenvalue weighted by Crippen LogP contribution is -2.29. The van der Waals surface area contributed by atoms with Crippen LogP contribution in [-0.2, 0) is 16.4 Å². The number of hydrogen-bond donors (Lipinski definition) is 2. The molecule has 0 radical (unpaired) electrons. The van der Waals surface area contributed by atoms with Crippen molar-refractivity contribution < 1.29 is 13.5 Å². The van der Waals surface area contributed by atoms with Crippen molar-refractivity contribution in [3.63, 3.8) is 0 Å². The van der Waals surface area contributed by atoms with Gasteiger partial charge in [0.15, 0.2) is 0 Å². The van der Waals surface area contributed by atoms with Crippen LogP contribution in [0, 0.1) is 6.92 Å². The largest absolute Gasteiger partial charge is 0.395 e. The predicted molar refractivity (Wildman–Crippen MR) is 84.2 cm³/mol. The molecular formula is C14H19ClN2O3S. The van der Waals surface area contributed by atoms with Gasteiger partial charge in [-0.25, -0.2) is 12.4 Å². The number of nitrogens with two attached hydrogens (primary N) is 1.